The summed E-state index contributed by atoms with van der Waals surface area (Å²) in [6.45, 7) is 4.35. The number of hydrogen-bond acceptors (Lipinski definition) is 6. The quantitative estimate of drug-likeness (QED) is 0.507. The molecule has 0 saturated heterocycles. The van der Waals surface area contributed by atoms with Gasteiger partial charge in [0.25, 0.3) is 5.91 Å². The number of fused-ring (bicyclic) bond motifs is 1. The third-order valence-corrected chi connectivity index (χ3v) is 3.87. The Kier molecular flexibility index (Phi) is 6.95. The molecule has 0 radical (unpaired) electrons. The van der Waals surface area contributed by atoms with E-state index in [2.05, 4.69) is 5.32 Å². The Balaban J connectivity index is 2.22. The smallest absolute Gasteiger partial charge is 0.349 e. The SMILES string of the molecule is COCCCNC(=O)c1cc2ccc(OC(C(=O)O)C(C)C)cc2oc1=O. The number of methoxy groups -OCH3 is 1. The van der Waals surface area contributed by atoms with E-state index in [4.69, 9.17) is 13.9 Å². The summed E-state index contributed by atoms with van der Waals surface area (Å²) >= 11 is 0. The number of rotatable bonds is 9. The Morgan fingerprint density at radius 1 is 1.26 bits per heavy atom. The van der Waals surface area contributed by atoms with Gasteiger partial charge in [0.2, 0.25) is 0 Å². The zero-order valence-corrected chi connectivity index (χ0v) is 15.5. The Labute approximate surface area is 156 Å². The number of carboxylic acid groups (broad SMARTS) is 1. The van der Waals surface area contributed by atoms with Crippen molar-refractivity contribution >= 4 is 22.8 Å². The third kappa shape index (κ3) is 5.30. The van der Waals surface area contributed by atoms with E-state index >= 15 is 0 Å². The molecule has 0 aliphatic carbocycles. The van der Waals surface area contributed by atoms with Gasteiger partial charge in [0, 0.05) is 37.6 Å². The minimum atomic E-state index is -1.08. The van der Waals surface area contributed by atoms with Crippen molar-refractivity contribution in [3.05, 3.63) is 40.2 Å². The lowest BCUT2D eigenvalue weighted by molar-refractivity contribution is -0.147. The molecule has 1 unspecified atom stereocenters. The standard InChI is InChI=1S/C19H23NO7/c1-11(2)16(18(22)23)26-13-6-5-12-9-14(19(24)27-15(12)10-13)17(21)20-7-4-8-25-3/h5-6,9-11,16H,4,7-8H2,1-3H3,(H,20,21)(H,22,23). The molecule has 0 bridgehead atoms. The first-order valence-electron chi connectivity index (χ1n) is 8.58. The Hall–Kier alpha value is -2.87. The highest BCUT2D eigenvalue weighted by atomic mass is 16.5. The summed E-state index contributed by atoms with van der Waals surface area (Å²) in [6.07, 6.45) is -0.394. The van der Waals surface area contributed by atoms with Crippen LogP contribution in [0.4, 0.5) is 0 Å². The molecule has 1 atom stereocenters. The van der Waals surface area contributed by atoms with Crippen molar-refractivity contribution in [2.24, 2.45) is 5.92 Å². The second-order valence-electron chi connectivity index (χ2n) is 6.37. The zero-order chi connectivity index (χ0) is 20.0. The van der Waals surface area contributed by atoms with Crippen molar-refractivity contribution in [2.45, 2.75) is 26.4 Å². The number of amides is 1. The maximum Gasteiger partial charge on any atom is 0.349 e. The first-order chi connectivity index (χ1) is 12.8. The Morgan fingerprint density at radius 3 is 2.63 bits per heavy atom. The van der Waals surface area contributed by atoms with Gasteiger partial charge >= 0.3 is 11.6 Å². The van der Waals surface area contributed by atoms with Gasteiger partial charge in [-0.3, -0.25) is 4.79 Å². The predicted molar refractivity (Wildman–Crippen MR) is 98.2 cm³/mol. The minimum absolute atomic E-state index is 0.0980. The molecule has 0 saturated carbocycles. The molecule has 0 aliphatic heterocycles. The van der Waals surface area contributed by atoms with Gasteiger partial charge in [-0.05, 0) is 24.6 Å². The normalized spacial score (nSPS) is 12.1. The molecule has 1 aromatic heterocycles. The summed E-state index contributed by atoms with van der Waals surface area (Å²) in [4.78, 5) is 35.5. The number of hydrogen-bond donors (Lipinski definition) is 2. The number of aliphatic carboxylic acids is 1. The van der Waals surface area contributed by atoms with E-state index in [9.17, 15) is 19.5 Å². The lowest BCUT2D eigenvalue weighted by Gasteiger charge is -2.18. The number of carbonyl (C=O) groups excluding carboxylic acids is 1. The Bertz CT molecular complexity index is 872. The molecule has 27 heavy (non-hydrogen) atoms. The van der Waals surface area contributed by atoms with E-state index in [1.54, 1.807) is 33.1 Å². The molecule has 8 heteroatoms. The summed E-state index contributed by atoms with van der Waals surface area (Å²) in [5.74, 6) is -1.57. The number of carboxylic acids is 1. The maximum absolute atomic E-state index is 12.1. The second kappa shape index (κ2) is 9.18. The summed E-state index contributed by atoms with van der Waals surface area (Å²) in [5.41, 5.74) is -0.664. The topological polar surface area (TPSA) is 115 Å². The molecule has 146 valence electrons. The van der Waals surface area contributed by atoms with Crippen LogP contribution >= 0.6 is 0 Å². The van der Waals surface area contributed by atoms with Crippen molar-refractivity contribution in [2.75, 3.05) is 20.3 Å². The van der Waals surface area contributed by atoms with Gasteiger partial charge in [0.05, 0.1) is 0 Å². The summed E-state index contributed by atoms with van der Waals surface area (Å²) in [6, 6.07) is 6.05. The molecule has 2 rings (SSSR count). The van der Waals surface area contributed by atoms with Gasteiger partial charge in [0.1, 0.15) is 16.9 Å². The largest absolute Gasteiger partial charge is 0.478 e. The van der Waals surface area contributed by atoms with Gasteiger partial charge in [-0.15, -0.1) is 0 Å². The average molecular weight is 377 g/mol. The van der Waals surface area contributed by atoms with Gasteiger partial charge in [-0.25, -0.2) is 9.59 Å². The lowest BCUT2D eigenvalue weighted by Crippen LogP contribution is -2.32. The highest BCUT2D eigenvalue weighted by Gasteiger charge is 2.23. The predicted octanol–water partition coefficient (Wildman–Crippen LogP) is 2.05. The molecule has 2 N–H and O–H groups in total. The molecule has 0 spiro atoms. The summed E-state index contributed by atoms with van der Waals surface area (Å²) in [7, 11) is 1.57. The first-order valence-corrected chi connectivity index (χ1v) is 8.58. The number of nitrogens with one attached hydrogen (secondary N) is 1. The van der Waals surface area contributed by atoms with E-state index in [1.165, 1.54) is 12.1 Å². The van der Waals surface area contributed by atoms with Crippen molar-refractivity contribution in [1.29, 1.82) is 0 Å². The fraction of sp³-hybridized carbons (Fsp3) is 0.421. The minimum Gasteiger partial charge on any atom is -0.478 e. The maximum atomic E-state index is 12.1. The van der Waals surface area contributed by atoms with Crippen LogP contribution in [0.1, 0.15) is 30.6 Å². The molecule has 1 amide bonds. The van der Waals surface area contributed by atoms with Crippen LogP contribution in [0.3, 0.4) is 0 Å². The third-order valence-electron chi connectivity index (χ3n) is 3.87. The van der Waals surface area contributed by atoms with E-state index in [0.717, 1.165) is 0 Å². The van der Waals surface area contributed by atoms with Gasteiger partial charge < -0.3 is 24.3 Å². The number of benzene rings is 1. The van der Waals surface area contributed by atoms with Crippen LogP contribution in [0.15, 0.2) is 33.5 Å². The number of carbonyl (C=O) groups is 2. The van der Waals surface area contributed by atoms with Crippen molar-refractivity contribution < 1.29 is 28.6 Å². The van der Waals surface area contributed by atoms with Gasteiger partial charge in [-0.1, -0.05) is 13.8 Å². The fourth-order valence-corrected chi connectivity index (χ4v) is 2.46. The van der Waals surface area contributed by atoms with Crippen LogP contribution in [0.5, 0.6) is 5.75 Å². The zero-order valence-electron chi connectivity index (χ0n) is 15.5. The lowest BCUT2D eigenvalue weighted by atomic mass is 10.1. The first kappa shape index (κ1) is 20.4. The van der Waals surface area contributed by atoms with E-state index < -0.39 is 23.6 Å². The monoisotopic (exact) mass is 377 g/mol. The van der Waals surface area contributed by atoms with Crippen LogP contribution in [-0.4, -0.2) is 43.3 Å². The molecular formula is C19H23NO7. The molecule has 1 heterocycles. The molecule has 0 fully saturated rings. The fourth-order valence-electron chi connectivity index (χ4n) is 2.46. The molecule has 8 nitrogen and oxygen atoms in total. The van der Waals surface area contributed by atoms with Crippen LogP contribution in [0.2, 0.25) is 0 Å². The van der Waals surface area contributed by atoms with E-state index in [-0.39, 0.29) is 22.8 Å². The molecule has 1 aromatic carbocycles. The molecule has 2 aromatic rings. The summed E-state index contributed by atoms with van der Waals surface area (Å²) in [5, 5.41) is 12.4. The Morgan fingerprint density at radius 2 is 2.00 bits per heavy atom. The van der Waals surface area contributed by atoms with Crippen molar-refractivity contribution in [3.8, 4) is 5.75 Å². The number of ether oxygens (including phenoxy) is 2. The van der Waals surface area contributed by atoms with Crippen molar-refractivity contribution in [1.82, 2.24) is 5.32 Å². The summed E-state index contributed by atoms with van der Waals surface area (Å²) < 4.78 is 15.6. The second-order valence-corrected chi connectivity index (χ2v) is 6.37. The molecule has 0 aliphatic rings. The average Bonchev–Trinajstić information content (AvgIpc) is 2.61. The van der Waals surface area contributed by atoms with Gasteiger partial charge in [-0.2, -0.15) is 0 Å². The highest BCUT2D eigenvalue weighted by molar-refractivity contribution is 5.96. The van der Waals surface area contributed by atoms with Crippen LogP contribution in [-0.2, 0) is 9.53 Å². The van der Waals surface area contributed by atoms with E-state index in [1.807, 2.05) is 0 Å². The molecular weight excluding hydrogens is 354 g/mol. The van der Waals surface area contributed by atoms with Gasteiger partial charge in [0.15, 0.2) is 6.10 Å². The van der Waals surface area contributed by atoms with E-state index in [0.29, 0.717) is 25.0 Å². The van der Waals surface area contributed by atoms with Crippen LogP contribution in [0.25, 0.3) is 11.0 Å². The highest BCUT2D eigenvalue weighted by Crippen LogP contribution is 2.23. The van der Waals surface area contributed by atoms with Crippen molar-refractivity contribution in [3.63, 3.8) is 0 Å². The van der Waals surface area contributed by atoms with Crippen LogP contribution < -0.4 is 15.7 Å². The van der Waals surface area contributed by atoms with Crippen LogP contribution in [0, 0.1) is 5.92 Å².